The number of amides is 1. The molecule has 20 heavy (non-hydrogen) atoms. The van der Waals surface area contributed by atoms with Crippen molar-refractivity contribution in [1.82, 2.24) is 0 Å². The lowest BCUT2D eigenvalue weighted by atomic mass is 10.1. The molecule has 0 saturated carbocycles. The van der Waals surface area contributed by atoms with Crippen LogP contribution in [-0.2, 0) is 4.79 Å². The van der Waals surface area contributed by atoms with Crippen LogP contribution < -0.4 is 5.32 Å². The highest BCUT2D eigenvalue weighted by Crippen LogP contribution is 2.13. The van der Waals surface area contributed by atoms with Gasteiger partial charge in [-0.1, -0.05) is 36.4 Å². The zero-order chi connectivity index (χ0) is 14.4. The van der Waals surface area contributed by atoms with Gasteiger partial charge in [0.25, 0.3) is 5.91 Å². The Hall–Kier alpha value is -2.93. The average Bonchev–Trinajstić information content (AvgIpc) is 2.47. The second-order valence-electron chi connectivity index (χ2n) is 4.01. The van der Waals surface area contributed by atoms with Gasteiger partial charge in [0.1, 0.15) is 17.5 Å². The molecule has 0 bridgehead atoms. The van der Waals surface area contributed by atoms with Crippen molar-refractivity contribution in [3.8, 4) is 6.07 Å². The summed E-state index contributed by atoms with van der Waals surface area (Å²) in [6, 6.07) is 16.5. The minimum absolute atomic E-state index is 0.154. The van der Waals surface area contributed by atoms with Crippen LogP contribution in [0.15, 0.2) is 60.2 Å². The molecule has 0 atom stereocenters. The van der Waals surface area contributed by atoms with Gasteiger partial charge in [0.15, 0.2) is 0 Å². The van der Waals surface area contributed by atoms with Crippen molar-refractivity contribution in [3.05, 3.63) is 71.6 Å². The Balaban J connectivity index is 2.23. The Labute approximate surface area is 116 Å². The first-order valence-electron chi connectivity index (χ1n) is 5.93. The third-order valence-corrected chi connectivity index (χ3v) is 2.60. The molecule has 0 fully saturated rings. The molecule has 2 aromatic rings. The number of nitrogens with one attached hydrogen (secondary N) is 1. The summed E-state index contributed by atoms with van der Waals surface area (Å²) >= 11 is 0. The van der Waals surface area contributed by atoms with Crippen molar-refractivity contribution < 1.29 is 9.18 Å². The quantitative estimate of drug-likeness (QED) is 0.684. The fourth-order valence-electron chi connectivity index (χ4n) is 1.62. The van der Waals surface area contributed by atoms with Crippen LogP contribution in [-0.4, -0.2) is 5.91 Å². The minimum Gasteiger partial charge on any atom is -0.321 e. The highest BCUT2D eigenvalue weighted by atomic mass is 19.1. The number of nitriles is 1. The topological polar surface area (TPSA) is 52.9 Å². The van der Waals surface area contributed by atoms with Gasteiger partial charge in [-0.3, -0.25) is 4.79 Å². The van der Waals surface area contributed by atoms with Crippen LogP contribution in [0.1, 0.15) is 5.56 Å². The monoisotopic (exact) mass is 266 g/mol. The fourth-order valence-corrected chi connectivity index (χ4v) is 1.62. The molecular formula is C16H11FN2O. The summed E-state index contributed by atoms with van der Waals surface area (Å²) in [7, 11) is 0. The number of nitrogens with zero attached hydrogens (tertiary/aromatic N) is 1. The summed E-state index contributed by atoms with van der Waals surface area (Å²) in [5, 5.41) is 11.6. The van der Waals surface area contributed by atoms with Gasteiger partial charge in [-0.2, -0.15) is 5.26 Å². The summed E-state index contributed by atoms with van der Waals surface area (Å²) in [4.78, 5) is 11.9. The average molecular weight is 266 g/mol. The molecular weight excluding hydrogens is 255 g/mol. The second-order valence-corrected chi connectivity index (χ2v) is 4.01. The van der Waals surface area contributed by atoms with Crippen LogP contribution in [0, 0.1) is 17.1 Å². The van der Waals surface area contributed by atoms with Crippen LogP contribution in [0.5, 0.6) is 0 Å². The number of halogens is 1. The predicted octanol–water partition coefficient (Wildman–Crippen LogP) is 3.37. The van der Waals surface area contributed by atoms with E-state index in [9.17, 15) is 9.18 Å². The Kier molecular flexibility index (Phi) is 4.25. The number of hydrogen-bond acceptors (Lipinski definition) is 2. The van der Waals surface area contributed by atoms with Crippen LogP contribution >= 0.6 is 0 Å². The first-order valence-corrected chi connectivity index (χ1v) is 5.93. The summed E-state index contributed by atoms with van der Waals surface area (Å²) < 4.78 is 13.5. The van der Waals surface area contributed by atoms with Crippen LogP contribution in [0.2, 0.25) is 0 Å². The van der Waals surface area contributed by atoms with Gasteiger partial charge in [0.2, 0.25) is 0 Å². The lowest BCUT2D eigenvalue weighted by molar-refractivity contribution is -0.112. The van der Waals surface area contributed by atoms with Crippen molar-refractivity contribution in [2.45, 2.75) is 0 Å². The van der Waals surface area contributed by atoms with Crippen molar-refractivity contribution in [2.24, 2.45) is 0 Å². The lowest BCUT2D eigenvalue weighted by Crippen LogP contribution is -2.13. The maximum Gasteiger partial charge on any atom is 0.266 e. The van der Waals surface area contributed by atoms with E-state index in [1.54, 1.807) is 42.5 Å². The smallest absolute Gasteiger partial charge is 0.266 e. The summed E-state index contributed by atoms with van der Waals surface area (Å²) in [5.41, 5.74) is 0.624. The highest BCUT2D eigenvalue weighted by Gasteiger charge is 2.10. The van der Waals surface area contributed by atoms with Crippen LogP contribution in [0.3, 0.4) is 0 Å². The van der Waals surface area contributed by atoms with Crippen LogP contribution in [0.25, 0.3) is 6.08 Å². The fraction of sp³-hybridized carbons (Fsp3) is 0. The summed E-state index contributed by atoms with van der Waals surface area (Å²) in [6.07, 6.45) is 1.23. The first-order chi connectivity index (χ1) is 9.70. The SMILES string of the molecule is N#CC(=Cc1ccccc1F)C(=O)Nc1ccccc1. The maximum atomic E-state index is 13.5. The van der Waals surface area contributed by atoms with E-state index in [0.29, 0.717) is 5.69 Å². The Bertz CT molecular complexity index is 687. The molecule has 0 saturated heterocycles. The molecule has 2 rings (SSSR count). The van der Waals surface area contributed by atoms with E-state index in [0.717, 1.165) is 0 Å². The zero-order valence-electron chi connectivity index (χ0n) is 10.5. The van der Waals surface area contributed by atoms with E-state index in [2.05, 4.69) is 5.32 Å². The van der Waals surface area contributed by atoms with Gasteiger partial charge in [-0.05, 0) is 24.3 Å². The maximum absolute atomic E-state index is 13.5. The molecule has 0 aromatic heterocycles. The van der Waals surface area contributed by atoms with E-state index in [1.807, 2.05) is 6.07 Å². The van der Waals surface area contributed by atoms with Crippen molar-refractivity contribution in [3.63, 3.8) is 0 Å². The predicted molar refractivity (Wildman–Crippen MR) is 75.1 cm³/mol. The minimum atomic E-state index is -0.568. The molecule has 0 radical (unpaired) electrons. The molecule has 2 aromatic carbocycles. The normalized spacial score (nSPS) is 10.7. The molecule has 98 valence electrons. The Morgan fingerprint density at radius 1 is 1.10 bits per heavy atom. The molecule has 0 aliphatic carbocycles. The number of carbonyl (C=O) groups excluding carboxylic acids is 1. The van der Waals surface area contributed by atoms with Gasteiger partial charge in [0.05, 0.1) is 0 Å². The molecule has 0 aliphatic rings. The standard InChI is InChI=1S/C16H11FN2O/c17-15-9-5-4-6-12(15)10-13(11-18)16(20)19-14-7-2-1-3-8-14/h1-10H,(H,19,20). The lowest BCUT2D eigenvalue weighted by Gasteiger charge is -2.04. The van der Waals surface area contributed by atoms with Gasteiger partial charge < -0.3 is 5.32 Å². The van der Waals surface area contributed by atoms with Crippen LogP contribution in [0.4, 0.5) is 10.1 Å². The van der Waals surface area contributed by atoms with Crippen molar-refractivity contribution in [1.29, 1.82) is 5.26 Å². The van der Waals surface area contributed by atoms with Gasteiger partial charge in [-0.25, -0.2) is 4.39 Å². The molecule has 0 aliphatic heterocycles. The third-order valence-electron chi connectivity index (χ3n) is 2.60. The van der Waals surface area contributed by atoms with E-state index < -0.39 is 11.7 Å². The van der Waals surface area contributed by atoms with Gasteiger partial charge in [-0.15, -0.1) is 0 Å². The molecule has 4 heteroatoms. The molecule has 1 N–H and O–H groups in total. The summed E-state index contributed by atoms with van der Waals surface area (Å²) in [5.74, 6) is -1.05. The number of para-hydroxylation sites is 1. The largest absolute Gasteiger partial charge is 0.321 e. The number of hydrogen-bond donors (Lipinski definition) is 1. The second kappa shape index (κ2) is 6.30. The number of benzene rings is 2. The zero-order valence-corrected chi connectivity index (χ0v) is 10.5. The molecule has 1 amide bonds. The molecule has 3 nitrogen and oxygen atoms in total. The first kappa shape index (κ1) is 13.5. The number of rotatable bonds is 3. The van der Waals surface area contributed by atoms with Gasteiger partial charge in [0, 0.05) is 11.3 Å². The molecule has 0 heterocycles. The molecule has 0 unspecified atom stereocenters. The van der Waals surface area contributed by atoms with E-state index in [4.69, 9.17) is 5.26 Å². The third kappa shape index (κ3) is 3.30. The highest BCUT2D eigenvalue weighted by molar-refractivity contribution is 6.09. The summed E-state index contributed by atoms with van der Waals surface area (Å²) in [6.45, 7) is 0. The Morgan fingerprint density at radius 3 is 2.40 bits per heavy atom. The number of anilines is 1. The van der Waals surface area contributed by atoms with Crippen molar-refractivity contribution in [2.75, 3.05) is 5.32 Å². The Morgan fingerprint density at radius 2 is 1.75 bits per heavy atom. The van der Waals surface area contributed by atoms with E-state index >= 15 is 0 Å². The number of carbonyl (C=O) groups is 1. The van der Waals surface area contributed by atoms with E-state index in [-0.39, 0.29) is 11.1 Å². The molecule has 0 spiro atoms. The van der Waals surface area contributed by atoms with Gasteiger partial charge >= 0.3 is 0 Å². The van der Waals surface area contributed by atoms with E-state index in [1.165, 1.54) is 18.2 Å². The van der Waals surface area contributed by atoms with Crippen molar-refractivity contribution >= 4 is 17.7 Å².